The van der Waals surface area contributed by atoms with Gasteiger partial charge in [-0.15, -0.1) is 0 Å². The Labute approximate surface area is 110 Å². The van der Waals surface area contributed by atoms with Gasteiger partial charge in [0, 0.05) is 14.1 Å². The van der Waals surface area contributed by atoms with Gasteiger partial charge in [-0.1, -0.05) is 6.92 Å². The minimum Gasteiger partial charge on any atom is -0.479 e. The van der Waals surface area contributed by atoms with Crippen LogP contribution < -0.4 is 15.1 Å². The smallest absolute Gasteiger partial charge is 0.345 e. The van der Waals surface area contributed by atoms with Gasteiger partial charge in [0.1, 0.15) is 0 Å². The quantitative estimate of drug-likeness (QED) is 0.669. The highest BCUT2D eigenvalue weighted by molar-refractivity contribution is 5.72. The molecule has 0 bridgehead atoms. The molecule has 1 heterocycles. The van der Waals surface area contributed by atoms with Crippen LogP contribution >= 0.6 is 0 Å². The summed E-state index contributed by atoms with van der Waals surface area (Å²) in [5.74, 6) is -0.614. The highest BCUT2D eigenvalue weighted by Gasteiger charge is 2.19. The van der Waals surface area contributed by atoms with Gasteiger partial charge in [0.15, 0.2) is 6.10 Å². The van der Waals surface area contributed by atoms with Crippen LogP contribution in [0.25, 0.3) is 0 Å². The molecule has 0 aliphatic heterocycles. The molecule has 9 heteroatoms. The van der Waals surface area contributed by atoms with E-state index in [1.165, 1.54) is 7.11 Å². The first-order valence-electron chi connectivity index (χ1n) is 5.59. The van der Waals surface area contributed by atoms with E-state index in [1.807, 2.05) is 0 Å². The molecular weight excluding hydrogens is 254 g/mol. The van der Waals surface area contributed by atoms with Crippen molar-refractivity contribution in [2.75, 3.05) is 31.6 Å². The molecule has 1 aromatic heterocycles. The molecule has 0 aliphatic carbocycles. The number of carboxylic acids is 1. The van der Waals surface area contributed by atoms with Crippen LogP contribution in [0.3, 0.4) is 0 Å². The first-order chi connectivity index (χ1) is 8.97. The Hall–Kier alpha value is -2.16. The van der Waals surface area contributed by atoms with E-state index in [0.29, 0.717) is 12.4 Å². The van der Waals surface area contributed by atoms with Gasteiger partial charge in [0.05, 0.1) is 7.11 Å². The lowest BCUT2D eigenvalue weighted by Gasteiger charge is -2.15. The van der Waals surface area contributed by atoms with Crippen LogP contribution in [0, 0.1) is 0 Å². The zero-order valence-corrected chi connectivity index (χ0v) is 11.2. The molecule has 1 unspecified atom stereocenters. The largest absolute Gasteiger partial charge is 0.479 e. The number of hydrogen-bond acceptors (Lipinski definition) is 8. The third-order valence-electron chi connectivity index (χ3n) is 2.09. The SMILES string of the molecule is CCC(Oc1nc(NOC)nc(N(C)C)n1)C(=O)O. The number of nitrogens with zero attached hydrogens (tertiary/aromatic N) is 4. The van der Waals surface area contributed by atoms with Crippen LogP contribution in [0.15, 0.2) is 0 Å². The Bertz CT molecular complexity index is 440. The van der Waals surface area contributed by atoms with Gasteiger partial charge >= 0.3 is 12.0 Å². The maximum atomic E-state index is 10.9. The second-order valence-electron chi connectivity index (χ2n) is 3.80. The Morgan fingerprint density at radius 1 is 1.42 bits per heavy atom. The first kappa shape index (κ1) is 14.9. The molecule has 106 valence electrons. The van der Waals surface area contributed by atoms with Crippen molar-refractivity contribution < 1.29 is 19.5 Å². The molecule has 0 amide bonds. The lowest BCUT2D eigenvalue weighted by molar-refractivity contribution is -0.145. The number of aliphatic carboxylic acids is 1. The summed E-state index contributed by atoms with van der Waals surface area (Å²) in [4.78, 5) is 29.2. The van der Waals surface area contributed by atoms with Crippen LogP contribution in [0.4, 0.5) is 11.9 Å². The minimum atomic E-state index is -1.07. The van der Waals surface area contributed by atoms with Crippen LogP contribution in [-0.4, -0.2) is 53.3 Å². The summed E-state index contributed by atoms with van der Waals surface area (Å²) in [5.41, 5.74) is 2.45. The molecule has 19 heavy (non-hydrogen) atoms. The van der Waals surface area contributed by atoms with Crippen molar-refractivity contribution in [3.05, 3.63) is 0 Å². The molecule has 0 radical (unpaired) electrons. The lowest BCUT2D eigenvalue weighted by Crippen LogP contribution is -2.27. The van der Waals surface area contributed by atoms with Gasteiger partial charge in [-0.05, 0) is 6.42 Å². The molecule has 1 rings (SSSR count). The second kappa shape index (κ2) is 6.69. The van der Waals surface area contributed by atoms with Crippen LogP contribution in [0.1, 0.15) is 13.3 Å². The normalized spacial score (nSPS) is 11.8. The van der Waals surface area contributed by atoms with Crippen molar-refractivity contribution in [1.29, 1.82) is 0 Å². The van der Waals surface area contributed by atoms with Crippen molar-refractivity contribution in [1.82, 2.24) is 15.0 Å². The summed E-state index contributed by atoms with van der Waals surface area (Å²) in [6.45, 7) is 1.70. The van der Waals surface area contributed by atoms with E-state index >= 15 is 0 Å². The Morgan fingerprint density at radius 2 is 2.11 bits per heavy atom. The van der Waals surface area contributed by atoms with Crippen molar-refractivity contribution in [3.8, 4) is 6.01 Å². The lowest BCUT2D eigenvalue weighted by atomic mass is 10.3. The fraction of sp³-hybridized carbons (Fsp3) is 0.600. The molecule has 1 aromatic rings. The zero-order chi connectivity index (χ0) is 14.4. The molecule has 0 aliphatic rings. The number of nitrogens with one attached hydrogen (secondary N) is 1. The maximum Gasteiger partial charge on any atom is 0.345 e. The Morgan fingerprint density at radius 3 is 2.58 bits per heavy atom. The fourth-order valence-corrected chi connectivity index (χ4v) is 1.17. The summed E-state index contributed by atoms with van der Waals surface area (Å²) in [7, 11) is 4.89. The van der Waals surface area contributed by atoms with Gasteiger partial charge in [-0.2, -0.15) is 15.0 Å². The fourth-order valence-electron chi connectivity index (χ4n) is 1.17. The van der Waals surface area contributed by atoms with Crippen molar-refractivity contribution in [3.63, 3.8) is 0 Å². The monoisotopic (exact) mass is 271 g/mol. The van der Waals surface area contributed by atoms with Gasteiger partial charge in [0.25, 0.3) is 5.95 Å². The van der Waals surface area contributed by atoms with Gasteiger partial charge < -0.3 is 14.7 Å². The van der Waals surface area contributed by atoms with E-state index in [-0.39, 0.29) is 12.0 Å². The predicted molar refractivity (Wildman–Crippen MR) is 67.1 cm³/mol. The molecule has 0 spiro atoms. The number of aromatic nitrogens is 3. The summed E-state index contributed by atoms with van der Waals surface area (Å²) >= 11 is 0. The van der Waals surface area contributed by atoms with Crippen LogP contribution in [0.5, 0.6) is 6.01 Å². The Kier molecular flexibility index (Phi) is 5.24. The average Bonchev–Trinajstić information content (AvgIpc) is 2.35. The van der Waals surface area contributed by atoms with Gasteiger partial charge in [0.2, 0.25) is 5.95 Å². The number of rotatable bonds is 7. The number of carboxylic acid groups (broad SMARTS) is 1. The highest BCUT2D eigenvalue weighted by atomic mass is 16.6. The second-order valence-corrected chi connectivity index (χ2v) is 3.80. The molecule has 1 atom stereocenters. The molecule has 2 N–H and O–H groups in total. The topological polar surface area (TPSA) is 110 Å². The van der Waals surface area contributed by atoms with Crippen molar-refractivity contribution >= 4 is 17.9 Å². The third-order valence-corrected chi connectivity index (χ3v) is 2.09. The first-order valence-corrected chi connectivity index (χ1v) is 5.59. The minimum absolute atomic E-state index is 0.0764. The van der Waals surface area contributed by atoms with Crippen molar-refractivity contribution in [2.45, 2.75) is 19.4 Å². The Balaban J connectivity index is 3.01. The van der Waals surface area contributed by atoms with E-state index in [4.69, 9.17) is 14.7 Å². The molecular formula is C10H17N5O4. The molecule has 9 nitrogen and oxygen atoms in total. The van der Waals surface area contributed by atoms with E-state index in [1.54, 1.807) is 25.9 Å². The predicted octanol–water partition coefficient (Wildman–Crippen LogP) is 0.153. The number of hydrogen-bond donors (Lipinski definition) is 2. The van der Waals surface area contributed by atoms with E-state index in [0.717, 1.165) is 0 Å². The van der Waals surface area contributed by atoms with Gasteiger partial charge in [-0.3, -0.25) is 4.84 Å². The van der Waals surface area contributed by atoms with Crippen molar-refractivity contribution in [2.24, 2.45) is 0 Å². The third kappa shape index (κ3) is 4.21. The standard InChI is InChI=1S/C10H17N5O4/c1-5-6(7(16)17)19-10-12-8(14-18-4)11-9(13-10)15(2)3/h6H,5H2,1-4H3,(H,16,17)(H,11,12,13,14). The van der Waals surface area contributed by atoms with Crippen LogP contribution in [0.2, 0.25) is 0 Å². The highest BCUT2D eigenvalue weighted by Crippen LogP contribution is 2.15. The van der Waals surface area contributed by atoms with Crippen LogP contribution in [-0.2, 0) is 9.63 Å². The summed E-state index contributed by atoms with van der Waals surface area (Å²) in [6, 6.07) is -0.0764. The molecule has 0 aromatic carbocycles. The van der Waals surface area contributed by atoms with E-state index in [9.17, 15) is 4.79 Å². The maximum absolute atomic E-state index is 10.9. The molecule has 0 saturated heterocycles. The van der Waals surface area contributed by atoms with E-state index in [2.05, 4.69) is 20.4 Å². The number of ether oxygens (including phenoxy) is 1. The zero-order valence-electron chi connectivity index (χ0n) is 11.2. The average molecular weight is 271 g/mol. The number of carbonyl (C=O) groups is 1. The number of anilines is 2. The molecule has 0 fully saturated rings. The van der Waals surface area contributed by atoms with Gasteiger partial charge in [-0.25, -0.2) is 10.3 Å². The van der Waals surface area contributed by atoms with E-state index < -0.39 is 12.1 Å². The summed E-state index contributed by atoms with van der Waals surface area (Å²) < 4.78 is 5.22. The summed E-state index contributed by atoms with van der Waals surface area (Å²) in [5, 5.41) is 8.94. The summed E-state index contributed by atoms with van der Waals surface area (Å²) in [6.07, 6.45) is -0.710. The molecule has 0 saturated carbocycles.